The first kappa shape index (κ1) is 21.3. The molecule has 2 aliphatic heterocycles. The average Bonchev–Trinajstić information content (AvgIpc) is 2.96. The third-order valence-electron chi connectivity index (χ3n) is 6.83. The van der Waals surface area contributed by atoms with Crippen LogP contribution in [-0.2, 0) is 14.8 Å². The fourth-order valence-electron chi connectivity index (χ4n) is 4.79. The summed E-state index contributed by atoms with van der Waals surface area (Å²) in [6.45, 7) is 5.79. The van der Waals surface area contributed by atoms with Crippen LogP contribution in [0.1, 0.15) is 38.2 Å². The van der Waals surface area contributed by atoms with Gasteiger partial charge in [0.05, 0.1) is 11.6 Å². The van der Waals surface area contributed by atoms with E-state index in [1.807, 2.05) is 18.7 Å². The van der Waals surface area contributed by atoms with Crippen molar-refractivity contribution in [3.8, 4) is 0 Å². The van der Waals surface area contributed by atoms with Crippen LogP contribution in [0.3, 0.4) is 0 Å². The highest BCUT2D eigenvalue weighted by Crippen LogP contribution is 2.38. The predicted molar refractivity (Wildman–Crippen MR) is 112 cm³/mol. The van der Waals surface area contributed by atoms with Gasteiger partial charge in [-0.3, -0.25) is 9.69 Å². The largest absolute Gasteiger partial charge is 0.326 e. The molecule has 1 spiro atoms. The van der Waals surface area contributed by atoms with Gasteiger partial charge in [-0.05, 0) is 37.8 Å². The van der Waals surface area contributed by atoms with E-state index in [1.54, 1.807) is 24.3 Å². The summed E-state index contributed by atoms with van der Waals surface area (Å²) in [7, 11) is -3.53. The van der Waals surface area contributed by atoms with Crippen molar-refractivity contribution < 1.29 is 18.0 Å². The Labute approximate surface area is 178 Å². The highest BCUT2D eigenvalue weighted by molar-refractivity contribution is 7.89. The van der Waals surface area contributed by atoms with E-state index in [2.05, 4.69) is 5.32 Å². The van der Waals surface area contributed by atoms with Crippen LogP contribution in [0, 0.1) is 12.8 Å². The van der Waals surface area contributed by atoms with Crippen molar-refractivity contribution in [2.45, 2.75) is 50.0 Å². The second kappa shape index (κ2) is 7.94. The first-order valence-electron chi connectivity index (χ1n) is 10.7. The van der Waals surface area contributed by atoms with Gasteiger partial charge in [0, 0.05) is 26.2 Å². The average molecular weight is 435 g/mol. The molecule has 1 aliphatic carbocycles. The number of urea groups is 1. The fourth-order valence-corrected chi connectivity index (χ4v) is 6.22. The molecule has 2 heterocycles. The number of piperazine rings is 1. The summed E-state index contributed by atoms with van der Waals surface area (Å²) in [5.74, 6) is -0.00129. The minimum atomic E-state index is -3.53. The molecule has 8 nitrogen and oxygen atoms in total. The van der Waals surface area contributed by atoms with Crippen molar-refractivity contribution in [1.82, 2.24) is 19.4 Å². The number of nitrogens with one attached hydrogen (secondary N) is 1. The minimum Gasteiger partial charge on any atom is -0.323 e. The molecule has 2 saturated heterocycles. The van der Waals surface area contributed by atoms with Crippen LogP contribution >= 0.6 is 0 Å². The van der Waals surface area contributed by atoms with Crippen LogP contribution in [0.4, 0.5) is 4.79 Å². The molecule has 9 heteroatoms. The number of hydrogen-bond donors (Lipinski definition) is 1. The van der Waals surface area contributed by atoms with Crippen LogP contribution < -0.4 is 5.32 Å². The molecule has 164 valence electrons. The number of amides is 3. The van der Waals surface area contributed by atoms with Gasteiger partial charge in [-0.2, -0.15) is 4.31 Å². The second-order valence-electron chi connectivity index (χ2n) is 8.76. The first-order valence-corrected chi connectivity index (χ1v) is 12.1. The normalized spacial score (nSPS) is 28.9. The number of benzene rings is 1. The number of rotatable bonds is 4. The topological polar surface area (TPSA) is 90.0 Å². The van der Waals surface area contributed by atoms with Gasteiger partial charge in [0.2, 0.25) is 10.0 Å². The van der Waals surface area contributed by atoms with Crippen LogP contribution in [0.25, 0.3) is 0 Å². The zero-order valence-electron chi connectivity index (χ0n) is 17.6. The van der Waals surface area contributed by atoms with Gasteiger partial charge in [-0.1, -0.05) is 37.5 Å². The SMILES string of the molecule is Cc1ccc(S(=O)(=O)N2CCN(CN3C(=O)NC4(CCCCC4C)C3=O)CC2)cc1. The zero-order chi connectivity index (χ0) is 21.5. The van der Waals surface area contributed by atoms with Gasteiger partial charge in [-0.15, -0.1) is 0 Å². The summed E-state index contributed by atoms with van der Waals surface area (Å²) in [4.78, 5) is 29.3. The molecule has 0 aromatic heterocycles. The van der Waals surface area contributed by atoms with Gasteiger partial charge >= 0.3 is 6.03 Å². The maximum atomic E-state index is 13.1. The summed E-state index contributed by atoms with van der Waals surface area (Å²) in [6, 6.07) is 6.53. The standard InChI is InChI=1S/C21H30N4O4S/c1-16-6-8-18(9-7-16)30(28,29)24-13-11-23(12-14-24)15-25-19(26)21(22-20(25)27)10-4-3-5-17(21)2/h6-9,17H,3-5,10-15H2,1-2H3,(H,22,27). The molecular formula is C21H30N4O4S. The number of carbonyl (C=O) groups excluding carboxylic acids is 2. The van der Waals surface area contributed by atoms with E-state index in [4.69, 9.17) is 0 Å². The van der Waals surface area contributed by atoms with Gasteiger partial charge in [0.25, 0.3) is 5.91 Å². The number of aryl methyl sites for hydroxylation is 1. The van der Waals surface area contributed by atoms with E-state index in [-0.39, 0.29) is 24.5 Å². The predicted octanol–water partition coefficient (Wildman–Crippen LogP) is 1.76. The van der Waals surface area contributed by atoms with E-state index in [9.17, 15) is 18.0 Å². The lowest BCUT2D eigenvalue weighted by molar-refractivity contribution is -0.135. The molecule has 1 aromatic rings. The van der Waals surface area contributed by atoms with Crippen LogP contribution in [-0.4, -0.2) is 72.8 Å². The summed E-state index contributed by atoms with van der Waals surface area (Å²) >= 11 is 0. The first-order chi connectivity index (χ1) is 14.2. The molecule has 30 heavy (non-hydrogen) atoms. The van der Waals surface area contributed by atoms with E-state index in [0.717, 1.165) is 24.8 Å². The Hall–Kier alpha value is -1.97. The van der Waals surface area contributed by atoms with Gasteiger partial charge in [0.1, 0.15) is 5.54 Å². The molecule has 3 aliphatic rings. The number of imide groups is 1. The molecule has 0 radical (unpaired) electrons. The molecule has 3 amide bonds. The molecular weight excluding hydrogens is 404 g/mol. The Morgan fingerprint density at radius 1 is 1.07 bits per heavy atom. The number of sulfonamides is 1. The molecule has 4 rings (SSSR count). The smallest absolute Gasteiger partial charge is 0.323 e. The van der Waals surface area contributed by atoms with E-state index in [1.165, 1.54) is 9.21 Å². The van der Waals surface area contributed by atoms with Crippen LogP contribution in [0.2, 0.25) is 0 Å². The third-order valence-corrected chi connectivity index (χ3v) is 8.75. The lowest BCUT2D eigenvalue weighted by atomic mass is 9.73. The monoisotopic (exact) mass is 434 g/mol. The highest BCUT2D eigenvalue weighted by Gasteiger charge is 2.55. The van der Waals surface area contributed by atoms with Crippen molar-refractivity contribution in [2.75, 3.05) is 32.8 Å². The number of hydrogen-bond acceptors (Lipinski definition) is 5. The Morgan fingerprint density at radius 3 is 2.37 bits per heavy atom. The van der Waals surface area contributed by atoms with Crippen molar-refractivity contribution in [3.63, 3.8) is 0 Å². The maximum Gasteiger partial charge on any atom is 0.326 e. The molecule has 2 unspecified atom stereocenters. The van der Waals surface area contributed by atoms with Gasteiger partial charge < -0.3 is 5.32 Å². The Kier molecular flexibility index (Phi) is 5.63. The summed E-state index contributed by atoms with van der Waals surface area (Å²) in [5, 5.41) is 2.97. The van der Waals surface area contributed by atoms with Crippen molar-refractivity contribution in [1.29, 1.82) is 0 Å². The molecule has 0 bridgehead atoms. The summed E-state index contributed by atoms with van der Waals surface area (Å²) in [6.07, 6.45) is 3.66. The lowest BCUT2D eigenvalue weighted by Gasteiger charge is -2.38. The van der Waals surface area contributed by atoms with E-state index in [0.29, 0.717) is 37.5 Å². The van der Waals surface area contributed by atoms with Gasteiger partial charge in [-0.25, -0.2) is 18.1 Å². The molecule has 2 atom stereocenters. The van der Waals surface area contributed by atoms with Gasteiger partial charge in [0.15, 0.2) is 0 Å². The minimum absolute atomic E-state index is 0.129. The second-order valence-corrected chi connectivity index (χ2v) is 10.7. The highest BCUT2D eigenvalue weighted by atomic mass is 32.2. The third kappa shape index (κ3) is 3.63. The number of nitrogens with zero attached hydrogens (tertiary/aromatic N) is 3. The quantitative estimate of drug-likeness (QED) is 0.730. The van der Waals surface area contributed by atoms with Crippen LogP contribution in [0.5, 0.6) is 0 Å². The molecule has 1 N–H and O–H groups in total. The Bertz CT molecular complexity index is 925. The molecule has 3 fully saturated rings. The lowest BCUT2D eigenvalue weighted by Crippen LogP contribution is -2.55. The molecule has 1 saturated carbocycles. The molecule has 1 aromatic carbocycles. The van der Waals surface area contributed by atoms with E-state index >= 15 is 0 Å². The van der Waals surface area contributed by atoms with E-state index < -0.39 is 15.6 Å². The van der Waals surface area contributed by atoms with Crippen molar-refractivity contribution >= 4 is 22.0 Å². The number of carbonyl (C=O) groups is 2. The summed E-state index contributed by atoms with van der Waals surface area (Å²) in [5.41, 5.74) is 0.253. The van der Waals surface area contributed by atoms with Crippen molar-refractivity contribution in [3.05, 3.63) is 29.8 Å². The van der Waals surface area contributed by atoms with Crippen LogP contribution in [0.15, 0.2) is 29.2 Å². The Morgan fingerprint density at radius 2 is 1.73 bits per heavy atom. The Balaban J connectivity index is 1.39. The zero-order valence-corrected chi connectivity index (χ0v) is 18.5. The van der Waals surface area contributed by atoms with Crippen molar-refractivity contribution in [2.24, 2.45) is 5.92 Å². The maximum absolute atomic E-state index is 13.1. The fraction of sp³-hybridized carbons (Fsp3) is 0.619. The summed E-state index contributed by atoms with van der Waals surface area (Å²) < 4.78 is 27.2.